The van der Waals surface area contributed by atoms with Crippen LogP contribution in [0.15, 0.2) is 29.1 Å². The first kappa shape index (κ1) is 20.1. The molecule has 30 heavy (non-hydrogen) atoms. The number of hydrogen-bond acceptors (Lipinski definition) is 5. The molecule has 1 saturated carbocycles. The van der Waals surface area contributed by atoms with Crippen molar-refractivity contribution >= 4 is 40.2 Å². The minimum absolute atomic E-state index is 0.232. The predicted octanol–water partition coefficient (Wildman–Crippen LogP) is 2.03. The Labute approximate surface area is 179 Å². The highest BCUT2D eigenvalue weighted by atomic mass is 32.1. The number of nitrogens with one attached hydrogen (secondary N) is 3. The number of hydrogen-bond donors (Lipinski definition) is 3. The lowest BCUT2D eigenvalue weighted by molar-refractivity contribution is 0.308. The van der Waals surface area contributed by atoms with Crippen LogP contribution in [0, 0.1) is 24.2 Å². The van der Waals surface area contributed by atoms with Crippen molar-refractivity contribution in [3.8, 4) is 6.07 Å². The molecular weight excluding hydrogens is 396 g/mol. The molecule has 7 nitrogen and oxygen atoms in total. The molecule has 2 aromatic heterocycles. The third-order valence-corrected chi connectivity index (χ3v) is 6.16. The van der Waals surface area contributed by atoms with Crippen molar-refractivity contribution in [2.24, 2.45) is 5.92 Å². The van der Waals surface area contributed by atoms with Gasteiger partial charge in [0, 0.05) is 12.2 Å². The highest BCUT2D eigenvalue weighted by Crippen LogP contribution is 2.23. The van der Waals surface area contributed by atoms with Crippen molar-refractivity contribution < 1.29 is 0 Å². The number of nitrogens with zero attached hydrogens (tertiary/aromatic N) is 3. The molecule has 0 aliphatic heterocycles. The molecule has 2 heterocycles. The minimum Gasteiger partial charge on any atom is -0.358 e. The molecule has 0 unspecified atom stereocenters. The van der Waals surface area contributed by atoms with Crippen molar-refractivity contribution in [3.63, 3.8) is 0 Å². The Hall–Kier alpha value is -3.18. The number of pyridine rings is 1. The largest absolute Gasteiger partial charge is 0.358 e. The predicted molar refractivity (Wildman–Crippen MR) is 122 cm³/mol. The number of nitriles is 1. The zero-order valence-electron chi connectivity index (χ0n) is 17.0. The molecule has 3 aromatic rings. The van der Waals surface area contributed by atoms with Gasteiger partial charge in [-0.15, -0.1) is 0 Å². The van der Waals surface area contributed by atoms with Crippen LogP contribution in [-0.2, 0) is 0 Å². The van der Waals surface area contributed by atoms with E-state index in [1.165, 1.54) is 23.7 Å². The van der Waals surface area contributed by atoms with E-state index in [4.69, 9.17) is 12.2 Å². The maximum atomic E-state index is 13.2. The van der Waals surface area contributed by atoms with Gasteiger partial charge in [0.1, 0.15) is 6.07 Å². The molecule has 0 bridgehead atoms. The lowest BCUT2D eigenvalue weighted by atomic mass is 9.86. The second-order valence-electron chi connectivity index (χ2n) is 7.85. The molecule has 154 valence electrons. The van der Waals surface area contributed by atoms with E-state index >= 15 is 0 Å². The molecule has 4 rings (SSSR count). The first-order chi connectivity index (χ1) is 14.5. The number of thiocarbonyl (C=S) groups is 1. The smallest absolute Gasteiger partial charge is 0.265 e. The summed E-state index contributed by atoms with van der Waals surface area (Å²) in [5.74, 6) is 0.577. The minimum atomic E-state index is -0.232. The van der Waals surface area contributed by atoms with E-state index in [0.29, 0.717) is 50.1 Å². The van der Waals surface area contributed by atoms with E-state index in [1.54, 1.807) is 13.1 Å². The number of rotatable bonds is 3. The lowest BCUT2D eigenvalue weighted by Gasteiger charge is -2.30. The summed E-state index contributed by atoms with van der Waals surface area (Å²) in [5.41, 5.74) is 8.34. The van der Waals surface area contributed by atoms with Crippen LogP contribution in [0.4, 0.5) is 0 Å². The zero-order chi connectivity index (χ0) is 21.3. The van der Waals surface area contributed by atoms with Crippen molar-refractivity contribution in [2.75, 3.05) is 0 Å². The number of imidazole rings is 1. The molecular formula is C22H24N6OS. The van der Waals surface area contributed by atoms with Gasteiger partial charge in [0.05, 0.1) is 21.8 Å². The standard InChI is InChI=1S/C22H24N6OS/c1-13-7-3-4-8-17(13)26-22(30)27-24-12-16-14(2)15(11-23)20-25-18-9-5-6-10-19(18)28(20)21(16)29/h5-6,9-10,12-13,17,24H,3-4,7-8H2,1-2H3,(H2,26,27,30)/t13-,17+/m0/s1. The van der Waals surface area contributed by atoms with E-state index in [1.807, 2.05) is 24.3 Å². The molecule has 3 N–H and O–H groups in total. The van der Waals surface area contributed by atoms with E-state index in [2.05, 4.69) is 34.1 Å². The summed E-state index contributed by atoms with van der Waals surface area (Å²) in [6, 6.07) is 9.92. The monoisotopic (exact) mass is 420 g/mol. The molecule has 0 amide bonds. The van der Waals surface area contributed by atoms with Gasteiger partial charge in [-0.2, -0.15) is 5.26 Å². The Bertz CT molecular complexity index is 1270. The van der Waals surface area contributed by atoms with Gasteiger partial charge in [-0.1, -0.05) is 31.9 Å². The summed E-state index contributed by atoms with van der Waals surface area (Å²) in [6.45, 7) is 3.99. The van der Waals surface area contributed by atoms with Crippen molar-refractivity contribution in [1.29, 1.82) is 5.26 Å². The van der Waals surface area contributed by atoms with Gasteiger partial charge in [-0.25, -0.2) is 4.98 Å². The molecule has 8 heteroatoms. The fourth-order valence-corrected chi connectivity index (χ4v) is 4.41. The van der Waals surface area contributed by atoms with Crippen LogP contribution in [0.5, 0.6) is 0 Å². The highest BCUT2D eigenvalue weighted by Gasteiger charge is 2.21. The van der Waals surface area contributed by atoms with Crippen molar-refractivity contribution in [1.82, 2.24) is 25.6 Å². The normalized spacial score (nSPS) is 19.6. The Kier molecular flexibility index (Phi) is 5.55. The highest BCUT2D eigenvalue weighted by molar-refractivity contribution is 7.80. The summed E-state index contributed by atoms with van der Waals surface area (Å²) in [7, 11) is 0. The average molecular weight is 421 g/mol. The van der Waals surface area contributed by atoms with Gasteiger partial charge in [0.2, 0.25) is 0 Å². The van der Waals surface area contributed by atoms with Crippen molar-refractivity contribution in [2.45, 2.75) is 45.6 Å². The van der Waals surface area contributed by atoms with E-state index in [-0.39, 0.29) is 5.56 Å². The summed E-state index contributed by atoms with van der Waals surface area (Å²) in [5, 5.41) is 13.9. The van der Waals surface area contributed by atoms with Crippen LogP contribution in [0.3, 0.4) is 0 Å². The zero-order valence-corrected chi connectivity index (χ0v) is 17.8. The Morgan fingerprint density at radius 3 is 2.87 bits per heavy atom. The van der Waals surface area contributed by atoms with Crippen LogP contribution in [-0.4, -0.2) is 20.5 Å². The lowest BCUT2D eigenvalue weighted by Crippen LogP contribution is -2.49. The second kappa shape index (κ2) is 8.28. The maximum absolute atomic E-state index is 13.2. The number of fused-ring (bicyclic) bond motifs is 3. The van der Waals surface area contributed by atoms with E-state index < -0.39 is 0 Å². The van der Waals surface area contributed by atoms with Crippen LogP contribution in [0.25, 0.3) is 22.9 Å². The number of benzene rings is 1. The molecule has 1 fully saturated rings. The summed E-state index contributed by atoms with van der Waals surface area (Å²) in [6.07, 6.45) is 6.34. The van der Waals surface area contributed by atoms with Crippen molar-refractivity contribution in [3.05, 3.63) is 51.0 Å². The molecule has 1 aromatic carbocycles. The fraction of sp³-hybridized carbons (Fsp3) is 0.364. The maximum Gasteiger partial charge on any atom is 0.265 e. The van der Waals surface area contributed by atoms with E-state index in [0.717, 1.165) is 6.42 Å². The number of para-hydroxylation sites is 2. The molecule has 0 spiro atoms. The summed E-state index contributed by atoms with van der Waals surface area (Å²) in [4.78, 5) is 17.7. The van der Waals surface area contributed by atoms with Gasteiger partial charge < -0.3 is 10.7 Å². The van der Waals surface area contributed by atoms with Gasteiger partial charge in [-0.05, 0) is 55.6 Å². The van der Waals surface area contributed by atoms with Gasteiger partial charge in [0.15, 0.2) is 10.8 Å². The topological polar surface area (TPSA) is 94.2 Å². The SMILES string of the molecule is Cc1c(C#N)c2nc3ccccc3n2c(=O)c1=CNNC(=S)N[C@@H]1CCCC[C@@H]1C. The Morgan fingerprint density at radius 2 is 2.10 bits per heavy atom. The molecule has 1 aliphatic carbocycles. The van der Waals surface area contributed by atoms with Crippen LogP contribution in [0.2, 0.25) is 0 Å². The first-order valence-electron chi connectivity index (χ1n) is 10.2. The average Bonchev–Trinajstić information content (AvgIpc) is 3.12. The van der Waals surface area contributed by atoms with Crippen LogP contribution >= 0.6 is 12.2 Å². The van der Waals surface area contributed by atoms with Gasteiger partial charge in [0.25, 0.3) is 5.56 Å². The number of hydrazine groups is 1. The molecule has 1 aliphatic rings. The van der Waals surface area contributed by atoms with Crippen LogP contribution in [0.1, 0.15) is 43.7 Å². The molecule has 0 radical (unpaired) electrons. The number of aromatic nitrogens is 2. The third-order valence-electron chi connectivity index (χ3n) is 5.94. The summed E-state index contributed by atoms with van der Waals surface area (Å²) >= 11 is 5.39. The Balaban J connectivity index is 1.64. The van der Waals surface area contributed by atoms with E-state index in [9.17, 15) is 10.1 Å². The van der Waals surface area contributed by atoms with Gasteiger partial charge in [-0.3, -0.25) is 14.6 Å². The second-order valence-corrected chi connectivity index (χ2v) is 8.25. The molecule has 0 saturated heterocycles. The fourth-order valence-electron chi connectivity index (χ4n) is 4.20. The third kappa shape index (κ3) is 3.57. The van der Waals surface area contributed by atoms with Gasteiger partial charge >= 0.3 is 0 Å². The Morgan fingerprint density at radius 1 is 1.33 bits per heavy atom. The summed E-state index contributed by atoms with van der Waals surface area (Å²) < 4.78 is 1.49. The quantitative estimate of drug-likeness (QED) is 0.441. The molecule has 2 atom stereocenters. The van der Waals surface area contributed by atoms with Crippen LogP contribution < -0.4 is 26.9 Å². The first-order valence-corrected chi connectivity index (χ1v) is 10.6.